The fourth-order valence-corrected chi connectivity index (χ4v) is 0.450. The van der Waals surface area contributed by atoms with E-state index in [4.69, 9.17) is 9.60 Å². The highest BCUT2D eigenvalue weighted by Gasteiger charge is 2.14. The highest BCUT2D eigenvalue weighted by molar-refractivity contribution is 5.64. The summed E-state index contributed by atoms with van der Waals surface area (Å²) in [4.78, 5) is 10.5. The van der Waals surface area contributed by atoms with E-state index in [-0.39, 0.29) is 0 Å². The highest BCUT2D eigenvalue weighted by Crippen LogP contribution is 1.97. The van der Waals surface area contributed by atoms with Gasteiger partial charge in [-0.3, -0.25) is 0 Å². The van der Waals surface area contributed by atoms with Crippen molar-refractivity contribution in [1.29, 1.82) is 0 Å². The quantitative estimate of drug-likeness (QED) is 0.503. The Labute approximate surface area is 76.5 Å². The molecule has 1 N–H and O–H groups in total. The van der Waals surface area contributed by atoms with E-state index in [0.717, 1.165) is 14.1 Å². The number of nitrogens with zero attached hydrogens (tertiary/aromatic N) is 1. The number of hydrogen-bond acceptors (Lipinski definition) is 3. The molecule has 0 unspecified atom stereocenters. The van der Waals surface area contributed by atoms with Crippen molar-refractivity contribution in [1.82, 2.24) is 0 Å². The molecule has 0 rings (SSSR count). The Morgan fingerprint density at radius 1 is 1.91 bits per heavy atom. The summed E-state index contributed by atoms with van der Waals surface area (Å²) >= 11 is 0. The van der Waals surface area contributed by atoms with Crippen molar-refractivity contribution in [2.75, 3.05) is 27.6 Å². The molecule has 0 aromatic heterocycles. The second-order valence-corrected chi connectivity index (χ2v) is 2.42. The predicted octanol–water partition coefficient (Wildman–Crippen LogP) is -1.81. The minimum absolute atomic E-state index is 0.904. The summed E-state index contributed by atoms with van der Waals surface area (Å²) in [7, 11) is 1.81. The molecule has 11 heavy (non-hydrogen) atoms. The summed E-state index contributed by atoms with van der Waals surface area (Å²) in [5.41, 5.74) is 0. The van der Waals surface area contributed by atoms with Crippen LogP contribution in [-0.4, -0.2) is 49.2 Å². The van der Waals surface area contributed by atoms with E-state index in [2.05, 4.69) is 0 Å². The van der Waals surface area contributed by atoms with E-state index >= 15 is 0 Å². The van der Waals surface area contributed by atoms with Crippen LogP contribution in [0.3, 0.4) is 0 Å². The fraction of sp³-hybridized carbons (Fsp3) is 0.857. The van der Waals surface area contributed by atoms with Crippen molar-refractivity contribution in [3.05, 3.63) is 0 Å². The van der Waals surface area contributed by atoms with Gasteiger partial charge < -0.3 is 19.5 Å². The molecule has 0 aliphatic heterocycles. The Hall–Kier alpha value is -0.610. The normalized spacial score (nSPS) is 27.7. The summed E-state index contributed by atoms with van der Waals surface area (Å²) in [5, 5.41) is 20.1. The first-order valence-corrected chi connectivity index (χ1v) is 2.84. The third-order valence-electron chi connectivity index (χ3n) is 0.700. The first-order chi connectivity index (χ1) is 7.60. The van der Waals surface area contributed by atoms with Crippen LogP contribution in [0.25, 0.3) is 0 Å². The van der Waals surface area contributed by atoms with Crippen molar-refractivity contribution in [2.24, 2.45) is 0 Å². The minimum Gasteiger partial charge on any atom is -0.550 e. The zero-order valence-corrected chi connectivity index (χ0v) is 6.29. The maximum Gasteiger partial charge on any atom is 0.108 e. The molecule has 0 saturated carbocycles. The lowest BCUT2D eigenvalue weighted by Crippen LogP contribution is -2.43. The van der Waals surface area contributed by atoms with Crippen LogP contribution >= 0.6 is 0 Å². The van der Waals surface area contributed by atoms with Gasteiger partial charge in [-0.15, -0.1) is 0 Å². The van der Waals surface area contributed by atoms with Gasteiger partial charge in [0.05, 0.1) is 27.9 Å². The van der Waals surface area contributed by atoms with Gasteiger partial charge in [-0.05, 0) is 0 Å². The third kappa shape index (κ3) is 7.29. The smallest absolute Gasteiger partial charge is 0.108 e. The third-order valence-corrected chi connectivity index (χ3v) is 0.700. The first kappa shape index (κ1) is 3.41. The van der Waals surface area contributed by atoms with Crippen molar-refractivity contribution < 1.29 is 29.1 Å². The molecule has 0 heterocycles. The molecule has 0 aromatic rings. The molecule has 0 aliphatic rings. The number of rotatable bonds is 4. The van der Waals surface area contributed by atoms with E-state index in [1.807, 2.05) is 0 Å². The van der Waals surface area contributed by atoms with E-state index in [1.54, 1.807) is 0 Å². The Kier molecular flexibility index (Phi) is 1.14. The first-order valence-electron chi connectivity index (χ1n) is 6.34. The lowest BCUT2D eigenvalue weighted by molar-refractivity contribution is -0.873. The van der Waals surface area contributed by atoms with Crippen molar-refractivity contribution in [3.63, 3.8) is 0 Å². The topological polar surface area (TPSA) is 60.4 Å². The summed E-state index contributed by atoms with van der Waals surface area (Å²) in [5.74, 6) is -2.32. The van der Waals surface area contributed by atoms with Gasteiger partial charge in [0.15, 0.2) is 0 Å². The predicted molar refractivity (Wildman–Crippen MR) is 38.5 cm³/mol. The maximum atomic E-state index is 10.5. The van der Waals surface area contributed by atoms with Crippen LogP contribution in [0.1, 0.15) is 16.0 Å². The molecule has 0 bridgehead atoms. The number of aliphatic hydroxyl groups excluding tert-OH is 1. The molecule has 0 aliphatic carbocycles. The minimum atomic E-state index is -3.41. The SMILES string of the molecule is [2H]C([2H])(C(=O)[O-])[C@@H](O)C([2H])([2H])[N+](C)(C)C([2H])([2H])[2H]. The molecule has 0 saturated heterocycles. The molecule has 4 heteroatoms. The zero-order chi connectivity index (χ0) is 15.2. The van der Waals surface area contributed by atoms with Crippen LogP contribution in [0.2, 0.25) is 0 Å². The lowest BCUT2D eigenvalue weighted by Gasteiger charge is -2.26. The van der Waals surface area contributed by atoms with Gasteiger partial charge in [-0.2, -0.15) is 0 Å². The number of carboxylic acid groups (broad SMARTS) is 1. The fourth-order valence-electron chi connectivity index (χ4n) is 0.450. The Bertz CT molecular complexity index is 338. The van der Waals surface area contributed by atoms with Gasteiger partial charge in [-0.25, -0.2) is 0 Å². The number of carbonyl (C=O) groups excluding carboxylic acids is 1. The van der Waals surface area contributed by atoms with E-state index in [0.29, 0.717) is 0 Å². The van der Waals surface area contributed by atoms with Crippen LogP contribution in [0.15, 0.2) is 0 Å². The number of carboxylic acids is 1. The van der Waals surface area contributed by atoms with E-state index in [9.17, 15) is 15.0 Å². The average Bonchev–Trinajstić information content (AvgIpc) is 2.13. The van der Waals surface area contributed by atoms with Crippen molar-refractivity contribution >= 4 is 5.97 Å². The van der Waals surface area contributed by atoms with Gasteiger partial charge in [0.1, 0.15) is 12.6 Å². The molecule has 0 spiro atoms. The lowest BCUT2D eigenvalue weighted by atomic mass is 10.2. The molecule has 66 valence electrons. The maximum absolute atomic E-state index is 10.5. The summed E-state index contributed by atoms with van der Waals surface area (Å²) in [6, 6.07) is 0. The van der Waals surface area contributed by atoms with Gasteiger partial charge in [0.25, 0.3) is 0 Å². The van der Waals surface area contributed by atoms with Crippen LogP contribution in [-0.2, 0) is 4.79 Å². The van der Waals surface area contributed by atoms with E-state index in [1.165, 1.54) is 0 Å². The molecular weight excluding hydrogens is 146 g/mol. The van der Waals surface area contributed by atoms with Gasteiger partial charge in [-0.1, -0.05) is 0 Å². The summed E-state index contributed by atoms with van der Waals surface area (Å²) < 4.78 is 49.3. The van der Waals surface area contributed by atoms with Crippen molar-refractivity contribution in [3.8, 4) is 0 Å². The van der Waals surface area contributed by atoms with Crippen LogP contribution in [0.4, 0.5) is 0 Å². The molecule has 0 radical (unpaired) electrons. The van der Waals surface area contributed by atoms with Gasteiger partial charge in [0.2, 0.25) is 0 Å². The monoisotopic (exact) mass is 168 g/mol. The number of aliphatic carboxylic acids is 1. The van der Waals surface area contributed by atoms with Gasteiger partial charge in [0, 0.05) is 15.1 Å². The van der Waals surface area contributed by atoms with Crippen LogP contribution < -0.4 is 5.11 Å². The number of carbonyl (C=O) groups is 1. The molecule has 1 atom stereocenters. The molecule has 0 amide bonds. The standard InChI is InChI=1S/C7H15NO3/c1-8(2,3)5-6(9)4-7(10)11/h6,9H,4-5H2,1-3H3/t6-/m1/s1/i1D3,4D2,5D2. The molecule has 0 aromatic carbocycles. The number of likely N-dealkylation sites (N-methyl/N-ethyl adjacent to an activating group) is 1. The van der Waals surface area contributed by atoms with Gasteiger partial charge >= 0.3 is 0 Å². The highest BCUT2D eigenvalue weighted by atomic mass is 16.4. The second-order valence-electron chi connectivity index (χ2n) is 2.42. The van der Waals surface area contributed by atoms with Crippen LogP contribution in [0.5, 0.6) is 0 Å². The second kappa shape index (κ2) is 3.69. The number of hydrogen-bond donors (Lipinski definition) is 1. The average molecular weight is 168 g/mol. The Morgan fingerprint density at radius 3 is 2.82 bits per heavy atom. The van der Waals surface area contributed by atoms with E-state index < -0.39 is 36.4 Å². The molecule has 0 fully saturated rings. The number of quaternary nitrogens is 1. The molecular formula is C7H15NO3. The summed E-state index contributed by atoms with van der Waals surface area (Å²) in [6.45, 7) is -5.97. The largest absolute Gasteiger partial charge is 0.550 e. The Morgan fingerprint density at radius 2 is 2.45 bits per heavy atom. The number of aliphatic hydroxyl groups is 1. The van der Waals surface area contributed by atoms with Crippen molar-refractivity contribution in [2.45, 2.75) is 12.5 Å². The zero-order valence-electron chi connectivity index (χ0n) is 13.3. The summed E-state index contributed by atoms with van der Waals surface area (Å²) in [6.07, 6.45) is -6.12. The molecule has 4 nitrogen and oxygen atoms in total. The van der Waals surface area contributed by atoms with Crippen LogP contribution in [0, 0.1) is 0 Å². The Balaban J connectivity index is 5.60.